The zero-order valence-electron chi connectivity index (χ0n) is 19.6. The van der Waals surface area contributed by atoms with Crippen molar-refractivity contribution in [1.29, 1.82) is 0 Å². The third kappa shape index (κ3) is 4.98. The van der Waals surface area contributed by atoms with Crippen molar-refractivity contribution < 1.29 is 43.3 Å². The average molecular weight is 515 g/mol. The van der Waals surface area contributed by atoms with Gasteiger partial charge in [-0.05, 0) is 46.3 Å². The van der Waals surface area contributed by atoms with Crippen LogP contribution in [0, 0.1) is 11.6 Å². The van der Waals surface area contributed by atoms with Crippen LogP contribution in [0.15, 0.2) is 67.1 Å². The van der Waals surface area contributed by atoms with E-state index in [1.807, 2.05) is 0 Å². The van der Waals surface area contributed by atoms with Gasteiger partial charge in [0.1, 0.15) is 29.4 Å². The van der Waals surface area contributed by atoms with E-state index in [0.29, 0.717) is 24.5 Å². The maximum absolute atomic E-state index is 16.0. The predicted octanol–water partition coefficient (Wildman–Crippen LogP) is 4.59. The van der Waals surface area contributed by atoms with Gasteiger partial charge >= 0.3 is 12.3 Å². The molecule has 0 saturated carbocycles. The van der Waals surface area contributed by atoms with E-state index in [1.54, 1.807) is 0 Å². The van der Waals surface area contributed by atoms with Gasteiger partial charge in [0, 0.05) is 23.4 Å². The second kappa shape index (κ2) is 9.18. The number of hydrogen-bond donors (Lipinski definition) is 1. The van der Waals surface area contributed by atoms with Crippen LogP contribution in [0.2, 0.25) is 0 Å². The number of aromatic nitrogens is 5. The highest BCUT2D eigenvalue weighted by Crippen LogP contribution is 2.46. The van der Waals surface area contributed by atoms with E-state index in [1.165, 1.54) is 12.1 Å². The molecule has 0 amide bonds. The molecule has 2 aromatic carbocycles. The summed E-state index contributed by atoms with van der Waals surface area (Å²) in [5.41, 5.74) is -6.19. The molecule has 0 spiro atoms. The highest BCUT2D eigenvalue weighted by atomic mass is 19.4. The molecule has 2 heterocycles. The van der Waals surface area contributed by atoms with Crippen molar-refractivity contribution in [3.05, 3.63) is 90.0 Å². The molecule has 4 rings (SSSR count). The number of alkyl halides is 5. The van der Waals surface area contributed by atoms with Gasteiger partial charge in [-0.2, -0.15) is 8.78 Å². The van der Waals surface area contributed by atoms with Crippen LogP contribution >= 0.6 is 0 Å². The van der Waals surface area contributed by atoms with Crippen LogP contribution in [0.25, 0.3) is 11.1 Å². The molecule has 0 aliphatic heterocycles. The second-order valence-corrected chi connectivity index (χ2v) is 7.28. The summed E-state index contributed by atoms with van der Waals surface area (Å²) in [6, 6.07) is 7.37. The highest BCUT2D eigenvalue weighted by Gasteiger charge is 2.58. The quantitative estimate of drug-likeness (QED) is 0.363. The summed E-state index contributed by atoms with van der Waals surface area (Å²) < 4.78 is 118. The number of tetrazole rings is 1. The van der Waals surface area contributed by atoms with Crippen LogP contribution in [-0.2, 0) is 18.0 Å². The van der Waals surface area contributed by atoms with E-state index in [4.69, 9.17) is 2.74 Å². The van der Waals surface area contributed by atoms with E-state index in [-0.39, 0.29) is 21.9 Å². The number of rotatable bonds is 7. The lowest BCUT2D eigenvalue weighted by Crippen LogP contribution is -2.48. The Morgan fingerprint density at radius 1 is 0.944 bits per heavy atom. The van der Waals surface area contributed by atoms with Gasteiger partial charge in [0.2, 0.25) is 0 Å². The molecule has 36 heavy (non-hydrogen) atoms. The Kier molecular flexibility index (Phi) is 5.71. The summed E-state index contributed by atoms with van der Waals surface area (Å²) in [6.07, 6.45) is -3.45. The summed E-state index contributed by atoms with van der Waals surface area (Å²) >= 11 is 0. The third-order valence-corrected chi connectivity index (χ3v) is 4.91. The molecular weight excluding hydrogens is 499 g/mol. The van der Waals surface area contributed by atoms with Crippen molar-refractivity contribution >= 4 is 0 Å². The van der Waals surface area contributed by atoms with Crippen LogP contribution in [0.1, 0.15) is 14.0 Å². The molecule has 14 heteroatoms. The van der Waals surface area contributed by atoms with Gasteiger partial charge in [0.25, 0.3) is 0 Å². The van der Waals surface area contributed by atoms with Crippen LogP contribution < -0.4 is 4.74 Å². The van der Waals surface area contributed by atoms with E-state index < -0.39 is 53.0 Å². The van der Waals surface area contributed by atoms with Crippen molar-refractivity contribution in [3.63, 3.8) is 0 Å². The predicted molar refractivity (Wildman–Crippen MR) is 108 cm³/mol. The smallest absolute Gasteiger partial charge is 0.406 e. The minimum absolute atomic E-state index is 0.142. The van der Waals surface area contributed by atoms with Gasteiger partial charge in [-0.25, -0.2) is 13.5 Å². The summed E-state index contributed by atoms with van der Waals surface area (Å²) in [5.74, 6) is -8.06. The van der Waals surface area contributed by atoms with Gasteiger partial charge < -0.3 is 9.84 Å². The van der Waals surface area contributed by atoms with Crippen molar-refractivity contribution in [2.75, 3.05) is 0 Å². The Bertz CT molecular complexity index is 1420. The summed E-state index contributed by atoms with van der Waals surface area (Å²) in [7, 11) is 0. The lowest BCUT2D eigenvalue weighted by Gasteiger charge is -2.35. The first-order chi connectivity index (χ1) is 17.7. The SMILES string of the molecule is [2H]C([2H])(n1cnnn1)C(O)(c1ccc(F)cc1F)C(F)(F)c1ccc(-c2ccc(OC(F)(F)F)cc2)cn1. The topological polar surface area (TPSA) is 86.0 Å². The minimum atomic E-state index is -4.91. The van der Waals surface area contributed by atoms with Gasteiger partial charge in [0.05, 0.1) is 9.24 Å². The molecular formula is C22H14F7N5O2. The first kappa shape index (κ1) is 22.4. The van der Waals surface area contributed by atoms with Gasteiger partial charge in [-0.3, -0.25) is 4.98 Å². The Balaban J connectivity index is 1.77. The fraction of sp³-hybridized carbons (Fsp3) is 0.182. The van der Waals surface area contributed by atoms with E-state index in [2.05, 4.69) is 25.2 Å². The molecule has 0 bridgehead atoms. The van der Waals surface area contributed by atoms with Crippen molar-refractivity contribution in [3.8, 4) is 16.9 Å². The molecule has 7 nitrogen and oxygen atoms in total. The summed E-state index contributed by atoms with van der Waals surface area (Å²) in [4.78, 5) is 3.60. The lowest BCUT2D eigenvalue weighted by atomic mass is 9.84. The van der Waals surface area contributed by atoms with E-state index >= 15 is 8.78 Å². The zero-order chi connectivity index (χ0) is 27.9. The molecule has 0 saturated heterocycles. The second-order valence-electron chi connectivity index (χ2n) is 7.28. The van der Waals surface area contributed by atoms with Gasteiger partial charge in [-0.15, -0.1) is 18.3 Å². The molecule has 1 unspecified atom stereocenters. The third-order valence-electron chi connectivity index (χ3n) is 4.91. The monoisotopic (exact) mass is 515 g/mol. The molecule has 0 fully saturated rings. The van der Waals surface area contributed by atoms with Crippen molar-refractivity contribution in [1.82, 2.24) is 25.2 Å². The maximum atomic E-state index is 16.0. The van der Waals surface area contributed by atoms with Gasteiger partial charge in [-0.1, -0.05) is 18.2 Å². The maximum Gasteiger partial charge on any atom is 0.573 e. The van der Waals surface area contributed by atoms with E-state index in [9.17, 15) is 27.1 Å². The Morgan fingerprint density at radius 2 is 1.64 bits per heavy atom. The van der Waals surface area contributed by atoms with E-state index in [0.717, 1.165) is 24.4 Å². The van der Waals surface area contributed by atoms with Crippen molar-refractivity contribution in [2.45, 2.75) is 24.4 Å². The van der Waals surface area contributed by atoms with Crippen LogP contribution in [0.5, 0.6) is 5.75 Å². The molecule has 0 aliphatic carbocycles. The number of hydrogen-bond acceptors (Lipinski definition) is 6. The number of ether oxygens (including phenoxy) is 1. The molecule has 2 aromatic heterocycles. The first-order valence-electron chi connectivity index (χ1n) is 10.8. The Labute approximate surface area is 200 Å². The number of pyridine rings is 1. The van der Waals surface area contributed by atoms with Crippen LogP contribution in [0.4, 0.5) is 30.7 Å². The molecule has 0 radical (unpaired) electrons. The van der Waals surface area contributed by atoms with Crippen LogP contribution in [0.3, 0.4) is 0 Å². The lowest BCUT2D eigenvalue weighted by molar-refractivity contribution is -0.274. The molecule has 188 valence electrons. The molecule has 1 atom stereocenters. The average Bonchev–Trinajstić information content (AvgIpc) is 3.39. The zero-order valence-corrected chi connectivity index (χ0v) is 17.6. The number of nitrogens with zero attached hydrogens (tertiary/aromatic N) is 5. The standard InChI is InChI=1S/C22H14F7N5O2/c23-15-4-7-17(18(24)9-15)20(35,11-34-12-31-32-33-34)21(25,26)19-8-3-14(10-30-19)13-1-5-16(6-2-13)36-22(27,28)29/h1-10,12,35H,11H2/i11D2. The van der Waals surface area contributed by atoms with Crippen molar-refractivity contribution in [2.24, 2.45) is 0 Å². The fourth-order valence-electron chi connectivity index (χ4n) is 3.25. The summed E-state index contributed by atoms with van der Waals surface area (Å²) in [5, 5.41) is 20.8. The Hall–Kier alpha value is -4.07. The van der Waals surface area contributed by atoms with Crippen LogP contribution in [-0.4, -0.2) is 36.7 Å². The minimum Gasteiger partial charge on any atom is -0.406 e. The molecule has 4 aromatic rings. The fourth-order valence-corrected chi connectivity index (χ4v) is 3.25. The first-order valence-corrected chi connectivity index (χ1v) is 9.79. The van der Waals surface area contributed by atoms with Gasteiger partial charge in [0.15, 0.2) is 5.60 Å². The molecule has 0 aliphatic rings. The Morgan fingerprint density at radius 3 is 2.19 bits per heavy atom. The largest absolute Gasteiger partial charge is 0.573 e. The normalized spacial score (nSPS) is 15.1. The number of halogens is 7. The number of aliphatic hydroxyl groups is 1. The highest BCUT2D eigenvalue weighted by molar-refractivity contribution is 5.63. The summed E-state index contributed by atoms with van der Waals surface area (Å²) in [6.45, 7) is -3.62. The molecule has 1 N–H and O–H groups in total. The number of benzene rings is 2.